The molecule has 164 valence electrons. The van der Waals surface area contributed by atoms with E-state index in [1.54, 1.807) is 25.5 Å². The van der Waals surface area contributed by atoms with Gasteiger partial charge in [-0.25, -0.2) is 5.01 Å². The zero-order valence-electron chi connectivity index (χ0n) is 17.6. The van der Waals surface area contributed by atoms with Crippen LogP contribution in [-0.2, 0) is 14.4 Å². The SMILES string of the molecule is COc1ccc(C2=NN(C(=O)CN3C(=O)[C@@H]4CC=CC[C@H]4C3=O)[C@H](c3ccco3)C2)cc1. The predicted molar refractivity (Wildman–Crippen MR) is 115 cm³/mol. The number of imide groups is 1. The second-order valence-corrected chi connectivity index (χ2v) is 8.17. The van der Waals surface area contributed by atoms with Crippen molar-refractivity contribution in [1.82, 2.24) is 9.91 Å². The van der Waals surface area contributed by atoms with Crippen LogP contribution in [0, 0.1) is 11.8 Å². The number of nitrogens with zero attached hydrogens (tertiary/aromatic N) is 3. The Bertz CT molecular complexity index is 1080. The highest BCUT2D eigenvalue weighted by molar-refractivity contribution is 6.08. The largest absolute Gasteiger partial charge is 0.497 e. The molecule has 3 atom stereocenters. The Kier molecular flexibility index (Phi) is 5.13. The van der Waals surface area contributed by atoms with Crippen molar-refractivity contribution in [3.05, 3.63) is 66.1 Å². The molecule has 3 aliphatic rings. The molecular formula is C24H23N3O5. The number of fused-ring (bicyclic) bond motifs is 1. The molecule has 1 fully saturated rings. The molecule has 32 heavy (non-hydrogen) atoms. The molecule has 0 N–H and O–H groups in total. The molecule has 3 amide bonds. The summed E-state index contributed by atoms with van der Waals surface area (Å²) in [6.07, 6.45) is 6.95. The Hall–Kier alpha value is -3.68. The lowest BCUT2D eigenvalue weighted by molar-refractivity contribution is -0.147. The van der Waals surface area contributed by atoms with E-state index in [2.05, 4.69) is 5.10 Å². The summed E-state index contributed by atoms with van der Waals surface area (Å²) in [5, 5.41) is 5.92. The summed E-state index contributed by atoms with van der Waals surface area (Å²) in [6.45, 7) is -0.318. The quantitative estimate of drug-likeness (QED) is 0.534. The van der Waals surface area contributed by atoms with Gasteiger partial charge < -0.3 is 9.15 Å². The average Bonchev–Trinajstić information content (AvgIpc) is 3.55. The Morgan fingerprint density at radius 1 is 1.09 bits per heavy atom. The van der Waals surface area contributed by atoms with Crippen molar-refractivity contribution in [2.45, 2.75) is 25.3 Å². The lowest BCUT2D eigenvalue weighted by Gasteiger charge is -2.22. The van der Waals surface area contributed by atoms with E-state index in [4.69, 9.17) is 9.15 Å². The fourth-order valence-electron chi connectivity index (χ4n) is 4.63. The van der Waals surface area contributed by atoms with Gasteiger partial charge in [-0.2, -0.15) is 5.10 Å². The van der Waals surface area contributed by atoms with Crippen LogP contribution in [0.4, 0.5) is 0 Å². The number of ether oxygens (including phenoxy) is 1. The molecule has 0 bridgehead atoms. The van der Waals surface area contributed by atoms with Crippen molar-refractivity contribution in [3.63, 3.8) is 0 Å². The number of benzene rings is 1. The predicted octanol–water partition coefficient (Wildman–Crippen LogP) is 2.92. The Labute approximate surface area is 185 Å². The molecular weight excluding hydrogens is 410 g/mol. The van der Waals surface area contributed by atoms with Gasteiger partial charge in [0.1, 0.15) is 24.1 Å². The number of allylic oxidation sites excluding steroid dienone is 2. The topological polar surface area (TPSA) is 92.4 Å². The minimum absolute atomic E-state index is 0.272. The summed E-state index contributed by atoms with van der Waals surface area (Å²) in [6, 6.07) is 10.6. The van der Waals surface area contributed by atoms with E-state index in [0.717, 1.165) is 21.9 Å². The molecule has 1 aliphatic carbocycles. The number of hydrogen-bond donors (Lipinski definition) is 0. The van der Waals surface area contributed by atoms with Crippen LogP contribution in [0.15, 0.2) is 64.3 Å². The van der Waals surface area contributed by atoms with Crippen LogP contribution in [0.25, 0.3) is 0 Å². The number of rotatable bonds is 5. The molecule has 3 heterocycles. The molecule has 0 radical (unpaired) electrons. The van der Waals surface area contributed by atoms with Crippen LogP contribution in [0.5, 0.6) is 5.75 Å². The van der Waals surface area contributed by atoms with E-state index in [1.807, 2.05) is 36.4 Å². The van der Waals surface area contributed by atoms with Crippen molar-refractivity contribution in [2.24, 2.45) is 16.9 Å². The third-order valence-corrected chi connectivity index (χ3v) is 6.35. The van der Waals surface area contributed by atoms with Crippen molar-refractivity contribution >= 4 is 23.4 Å². The molecule has 0 saturated carbocycles. The van der Waals surface area contributed by atoms with E-state index in [9.17, 15) is 14.4 Å². The molecule has 2 aromatic rings. The number of amides is 3. The second-order valence-electron chi connectivity index (χ2n) is 8.17. The van der Waals surface area contributed by atoms with Crippen LogP contribution in [0.1, 0.15) is 36.6 Å². The van der Waals surface area contributed by atoms with Crippen LogP contribution < -0.4 is 4.74 Å². The summed E-state index contributed by atoms with van der Waals surface area (Å²) in [7, 11) is 1.60. The van der Waals surface area contributed by atoms with E-state index < -0.39 is 11.9 Å². The smallest absolute Gasteiger partial charge is 0.263 e. The van der Waals surface area contributed by atoms with Crippen LogP contribution in [-0.4, -0.2) is 47.0 Å². The Morgan fingerprint density at radius 2 is 1.78 bits per heavy atom. The van der Waals surface area contributed by atoms with E-state index in [1.165, 1.54) is 5.01 Å². The minimum atomic E-state index is -0.439. The number of hydrogen-bond acceptors (Lipinski definition) is 6. The maximum Gasteiger partial charge on any atom is 0.263 e. The highest BCUT2D eigenvalue weighted by Crippen LogP contribution is 2.37. The first-order valence-corrected chi connectivity index (χ1v) is 10.6. The van der Waals surface area contributed by atoms with Gasteiger partial charge in [-0.3, -0.25) is 19.3 Å². The highest BCUT2D eigenvalue weighted by Gasteiger charge is 2.48. The molecule has 1 saturated heterocycles. The third kappa shape index (κ3) is 3.41. The van der Waals surface area contributed by atoms with Crippen LogP contribution >= 0.6 is 0 Å². The minimum Gasteiger partial charge on any atom is -0.497 e. The summed E-state index contributed by atoms with van der Waals surface area (Å²) >= 11 is 0. The molecule has 0 spiro atoms. The number of carbonyl (C=O) groups is 3. The Morgan fingerprint density at radius 3 is 2.38 bits per heavy atom. The van der Waals surface area contributed by atoms with Gasteiger partial charge in [0.25, 0.3) is 5.91 Å². The van der Waals surface area contributed by atoms with Gasteiger partial charge in [-0.1, -0.05) is 12.2 Å². The number of likely N-dealkylation sites (tertiary alicyclic amines) is 1. The summed E-state index contributed by atoms with van der Waals surface area (Å²) in [5.74, 6) is -0.358. The van der Waals surface area contributed by atoms with Gasteiger partial charge in [0.15, 0.2) is 0 Å². The summed E-state index contributed by atoms with van der Waals surface area (Å²) in [5.41, 5.74) is 1.59. The first kappa shape index (κ1) is 20.2. The Balaban J connectivity index is 1.40. The molecule has 2 aliphatic heterocycles. The monoisotopic (exact) mass is 433 g/mol. The maximum atomic E-state index is 13.3. The van der Waals surface area contributed by atoms with Crippen molar-refractivity contribution in [2.75, 3.05) is 13.7 Å². The van der Waals surface area contributed by atoms with Gasteiger partial charge >= 0.3 is 0 Å². The number of methoxy groups -OCH3 is 1. The fourth-order valence-corrected chi connectivity index (χ4v) is 4.63. The molecule has 8 nitrogen and oxygen atoms in total. The van der Waals surface area contributed by atoms with E-state index >= 15 is 0 Å². The summed E-state index contributed by atoms with van der Waals surface area (Å²) < 4.78 is 10.8. The second kappa shape index (κ2) is 8.11. The van der Waals surface area contributed by atoms with Gasteiger partial charge in [0.2, 0.25) is 11.8 Å². The average molecular weight is 433 g/mol. The third-order valence-electron chi connectivity index (χ3n) is 6.35. The highest BCUT2D eigenvalue weighted by atomic mass is 16.5. The van der Waals surface area contributed by atoms with Crippen molar-refractivity contribution in [1.29, 1.82) is 0 Å². The number of hydrazone groups is 1. The van der Waals surface area contributed by atoms with Gasteiger partial charge in [-0.05, 0) is 54.8 Å². The van der Waals surface area contributed by atoms with Crippen molar-refractivity contribution < 1.29 is 23.5 Å². The molecule has 1 aromatic carbocycles. The van der Waals surface area contributed by atoms with Gasteiger partial charge in [0.05, 0.1) is 30.9 Å². The molecule has 1 aromatic heterocycles. The number of carbonyl (C=O) groups excluding carboxylic acids is 3. The van der Waals surface area contributed by atoms with Crippen molar-refractivity contribution in [3.8, 4) is 5.75 Å². The van der Waals surface area contributed by atoms with Crippen LogP contribution in [0.2, 0.25) is 0 Å². The standard InChI is InChI=1S/C24H23N3O5/c1-31-16-10-8-15(9-11-16)19-13-20(21-7-4-12-32-21)27(25-19)22(28)14-26-23(29)17-5-2-3-6-18(17)24(26)30/h2-4,7-12,17-18,20H,5-6,13-14H2,1H3/t17-,18-,20+/m1/s1. The fraction of sp³-hybridized carbons (Fsp3) is 0.333. The van der Waals surface area contributed by atoms with E-state index in [0.29, 0.717) is 25.0 Å². The summed E-state index contributed by atoms with van der Waals surface area (Å²) in [4.78, 5) is 40.0. The maximum absolute atomic E-state index is 13.3. The lowest BCUT2D eigenvalue weighted by Crippen LogP contribution is -2.41. The zero-order chi connectivity index (χ0) is 22.2. The lowest BCUT2D eigenvalue weighted by atomic mass is 9.85. The van der Waals surface area contributed by atoms with Gasteiger partial charge in [0, 0.05) is 6.42 Å². The molecule has 5 rings (SSSR count). The molecule has 0 unspecified atom stereocenters. The van der Waals surface area contributed by atoms with Gasteiger partial charge in [-0.15, -0.1) is 0 Å². The van der Waals surface area contributed by atoms with Crippen LogP contribution in [0.3, 0.4) is 0 Å². The first-order chi connectivity index (χ1) is 15.6. The molecule has 8 heteroatoms. The zero-order valence-corrected chi connectivity index (χ0v) is 17.6. The number of furan rings is 1. The first-order valence-electron chi connectivity index (χ1n) is 10.6. The normalized spacial score (nSPS) is 24.7. The van der Waals surface area contributed by atoms with E-state index in [-0.39, 0.29) is 30.2 Å².